The lowest BCUT2D eigenvalue weighted by Crippen LogP contribution is -2.45. The quantitative estimate of drug-likeness (QED) is 0.0361. The average molecular weight is 1040 g/mol. The fourth-order valence-electron chi connectivity index (χ4n) is 11.0. The first-order valence-corrected chi connectivity index (χ1v) is 34.1. The molecule has 0 saturated carbocycles. The van der Waals surface area contributed by atoms with Crippen molar-refractivity contribution in [2.24, 2.45) is 0 Å². The van der Waals surface area contributed by atoms with Gasteiger partial charge in [-0.1, -0.05) is 359 Å². The van der Waals surface area contributed by atoms with E-state index in [1.54, 1.807) is 6.08 Å². The van der Waals surface area contributed by atoms with Crippen LogP contribution in [-0.2, 0) is 4.79 Å². The zero-order valence-electron chi connectivity index (χ0n) is 50.5. The Kier molecular flexibility index (Phi) is 63.3. The molecule has 5 nitrogen and oxygen atoms in total. The Balaban J connectivity index is 3.48. The summed E-state index contributed by atoms with van der Waals surface area (Å²) in [5, 5.41) is 33.6. The van der Waals surface area contributed by atoms with Crippen LogP contribution in [0.4, 0.5) is 0 Å². The SMILES string of the molecule is CCCCCCCCCCCCCCCCCC/C=C\CCCCCCCCCCCCCCCCCC(O)CC(=O)NC(CO)C(O)/C=C/CCCCCCCCCCCCCCCCCCCCCCCC. The molecule has 0 spiro atoms. The third kappa shape index (κ3) is 60.1. The van der Waals surface area contributed by atoms with Gasteiger partial charge in [0.2, 0.25) is 5.91 Å². The highest BCUT2D eigenvalue weighted by molar-refractivity contribution is 5.76. The van der Waals surface area contributed by atoms with Crippen LogP contribution in [0.3, 0.4) is 0 Å². The normalized spacial score (nSPS) is 13.2. The number of aliphatic hydroxyl groups is 3. The predicted molar refractivity (Wildman–Crippen MR) is 328 cm³/mol. The van der Waals surface area contributed by atoms with E-state index >= 15 is 0 Å². The molecule has 3 unspecified atom stereocenters. The van der Waals surface area contributed by atoms with E-state index in [2.05, 4.69) is 31.3 Å². The largest absolute Gasteiger partial charge is 0.394 e. The second-order valence-electron chi connectivity index (χ2n) is 23.8. The summed E-state index contributed by atoms with van der Waals surface area (Å²) in [6, 6.07) is -0.744. The van der Waals surface area contributed by atoms with E-state index < -0.39 is 18.2 Å². The molecule has 0 bridgehead atoms. The molecule has 3 atom stereocenters. The van der Waals surface area contributed by atoms with E-state index in [4.69, 9.17) is 0 Å². The first-order chi connectivity index (χ1) is 36.5. The first kappa shape index (κ1) is 72.8. The number of allylic oxidation sites excluding steroid dienone is 3. The van der Waals surface area contributed by atoms with Gasteiger partial charge in [0.25, 0.3) is 0 Å². The number of hydrogen-bond acceptors (Lipinski definition) is 4. The lowest BCUT2D eigenvalue weighted by atomic mass is 10.0. The summed E-state index contributed by atoms with van der Waals surface area (Å²) < 4.78 is 0. The fourth-order valence-corrected chi connectivity index (χ4v) is 11.0. The minimum atomic E-state index is -0.929. The number of carbonyl (C=O) groups excluding carboxylic acids is 1. The number of hydrogen-bond donors (Lipinski definition) is 4. The average Bonchev–Trinajstić information content (AvgIpc) is 3.40. The molecule has 4 N–H and O–H groups in total. The van der Waals surface area contributed by atoms with Crippen LogP contribution in [0.15, 0.2) is 24.3 Å². The lowest BCUT2D eigenvalue weighted by molar-refractivity contribution is -0.124. The van der Waals surface area contributed by atoms with Gasteiger partial charge in [0, 0.05) is 0 Å². The van der Waals surface area contributed by atoms with Crippen LogP contribution in [-0.4, -0.2) is 46.1 Å². The van der Waals surface area contributed by atoms with Gasteiger partial charge in [-0.15, -0.1) is 0 Å². The van der Waals surface area contributed by atoms with Crippen molar-refractivity contribution in [3.8, 4) is 0 Å². The molecule has 0 aliphatic heterocycles. The summed E-state index contributed by atoms with van der Waals surface area (Å²) in [6.07, 6.45) is 84.3. The standard InChI is InChI=1S/C69H135NO4/c1-3-5-7-9-11-13-15-17-19-21-23-25-27-29-30-31-32-33-34-35-36-37-38-39-40-42-44-46-48-50-52-54-56-58-60-62-66(72)64-69(74)70-67(65-71)68(73)63-61-59-57-55-53-51-49-47-45-43-41-28-26-24-22-20-18-16-14-12-10-8-6-4-2/h33-34,61,63,66-68,71-73H,3-32,35-60,62,64-65H2,1-2H3,(H,70,74)/b34-33-,63-61+. The van der Waals surface area contributed by atoms with Crippen LogP contribution in [0, 0.1) is 0 Å². The Morgan fingerprint density at radius 1 is 0.338 bits per heavy atom. The molecule has 440 valence electrons. The second kappa shape index (κ2) is 64.4. The third-order valence-electron chi connectivity index (χ3n) is 16.2. The molecule has 0 radical (unpaired) electrons. The highest BCUT2D eigenvalue weighted by Crippen LogP contribution is 2.19. The van der Waals surface area contributed by atoms with Crippen molar-refractivity contribution >= 4 is 5.91 Å². The van der Waals surface area contributed by atoms with Crippen molar-refractivity contribution in [1.82, 2.24) is 5.32 Å². The van der Waals surface area contributed by atoms with Gasteiger partial charge in [-0.2, -0.15) is 0 Å². The second-order valence-corrected chi connectivity index (χ2v) is 23.8. The van der Waals surface area contributed by atoms with Crippen molar-refractivity contribution in [3.63, 3.8) is 0 Å². The molecule has 0 heterocycles. The summed E-state index contributed by atoms with van der Waals surface area (Å²) in [4.78, 5) is 12.6. The Bertz CT molecular complexity index is 1110. The molecule has 0 rings (SSSR count). The van der Waals surface area contributed by atoms with E-state index in [1.165, 1.54) is 334 Å². The van der Waals surface area contributed by atoms with Crippen LogP contribution in [0.1, 0.15) is 386 Å². The van der Waals surface area contributed by atoms with Crippen molar-refractivity contribution in [2.75, 3.05) is 6.61 Å². The van der Waals surface area contributed by atoms with E-state index in [0.29, 0.717) is 6.42 Å². The molecular formula is C69H135NO4. The van der Waals surface area contributed by atoms with Gasteiger partial charge in [-0.3, -0.25) is 4.79 Å². The Morgan fingerprint density at radius 2 is 0.568 bits per heavy atom. The highest BCUT2D eigenvalue weighted by atomic mass is 16.3. The number of unbranched alkanes of at least 4 members (excludes halogenated alkanes) is 53. The van der Waals surface area contributed by atoms with Gasteiger partial charge < -0.3 is 20.6 Å². The smallest absolute Gasteiger partial charge is 0.222 e. The zero-order valence-corrected chi connectivity index (χ0v) is 50.5. The Hall–Kier alpha value is -1.17. The molecule has 0 aromatic heterocycles. The summed E-state index contributed by atoms with van der Waals surface area (Å²) in [5.41, 5.74) is 0. The summed E-state index contributed by atoms with van der Waals surface area (Å²) in [5.74, 6) is -0.308. The van der Waals surface area contributed by atoms with Crippen LogP contribution in [0.5, 0.6) is 0 Å². The van der Waals surface area contributed by atoms with Crippen molar-refractivity contribution in [3.05, 3.63) is 24.3 Å². The summed E-state index contributed by atoms with van der Waals surface area (Å²) in [7, 11) is 0. The minimum Gasteiger partial charge on any atom is -0.394 e. The maximum atomic E-state index is 12.6. The number of aliphatic hydroxyl groups excluding tert-OH is 3. The third-order valence-corrected chi connectivity index (χ3v) is 16.2. The van der Waals surface area contributed by atoms with Crippen LogP contribution in [0.2, 0.25) is 0 Å². The molecule has 1 amide bonds. The maximum absolute atomic E-state index is 12.6. The van der Waals surface area contributed by atoms with Gasteiger partial charge in [0.15, 0.2) is 0 Å². The number of carbonyl (C=O) groups is 1. The number of amides is 1. The van der Waals surface area contributed by atoms with E-state index in [0.717, 1.165) is 25.7 Å². The molecule has 0 aliphatic carbocycles. The molecule has 0 saturated heterocycles. The van der Waals surface area contributed by atoms with Gasteiger partial charge in [-0.25, -0.2) is 0 Å². The van der Waals surface area contributed by atoms with Crippen LogP contribution >= 0.6 is 0 Å². The van der Waals surface area contributed by atoms with E-state index in [-0.39, 0.29) is 18.9 Å². The summed E-state index contributed by atoms with van der Waals surface area (Å²) in [6.45, 7) is 4.27. The molecule has 5 heteroatoms. The number of nitrogens with one attached hydrogen (secondary N) is 1. The van der Waals surface area contributed by atoms with Gasteiger partial charge >= 0.3 is 0 Å². The maximum Gasteiger partial charge on any atom is 0.222 e. The minimum absolute atomic E-state index is 0.0175. The number of rotatable bonds is 64. The Labute approximate surface area is 464 Å². The van der Waals surface area contributed by atoms with Gasteiger partial charge in [0.05, 0.1) is 31.3 Å². The van der Waals surface area contributed by atoms with Crippen LogP contribution < -0.4 is 5.32 Å². The van der Waals surface area contributed by atoms with Crippen molar-refractivity contribution in [1.29, 1.82) is 0 Å². The zero-order chi connectivity index (χ0) is 53.6. The Morgan fingerprint density at radius 3 is 0.824 bits per heavy atom. The van der Waals surface area contributed by atoms with Gasteiger partial charge in [-0.05, 0) is 44.9 Å². The fraction of sp³-hybridized carbons (Fsp3) is 0.928. The van der Waals surface area contributed by atoms with Gasteiger partial charge in [0.1, 0.15) is 0 Å². The molecule has 0 fully saturated rings. The van der Waals surface area contributed by atoms with Crippen molar-refractivity contribution in [2.45, 2.75) is 405 Å². The van der Waals surface area contributed by atoms with E-state index in [1.807, 2.05) is 6.08 Å². The van der Waals surface area contributed by atoms with Crippen molar-refractivity contribution < 1.29 is 20.1 Å². The molecule has 0 aromatic carbocycles. The lowest BCUT2D eigenvalue weighted by Gasteiger charge is -2.21. The predicted octanol–water partition coefficient (Wildman–Crippen LogP) is 22.0. The molecule has 74 heavy (non-hydrogen) atoms. The molecular weight excluding hydrogens is 907 g/mol. The monoisotopic (exact) mass is 1040 g/mol. The highest BCUT2D eigenvalue weighted by Gasteiger charge is 2.20. The molecule has 0 aliphatic rings. The molecule has 0 aromatic rings. The topological polar surface area (TPSA) is 89.8 Å². The summed E-state index contributed by atoms with van der Waals surface area (Å²) >= 11 is 0. The van der Waals surface area contributed by atoms with E-state index in [9.17, 15) is 20.1 Å². The van der Waals surface area contributed by atoms with Crippen LogP contribution in [0.25, 0.3) is 0 Å². The first-order valence-electron chi connectivity index (χ1n) is 34.1.